The van der Waals surface area contributed by atoms with Gasteiger partial charge in [-0.15, -0.1) is 0 Å². The fourth-order valence-corrected chi connectivity index (χ4v) is 3.84. The van der Waals surface area contributed by atoms with Gasteiger partial charge in [0.25, 0.3) is 0 Å². The molecular weight excluding hydrogens is 362 g/mol. The Labute approximate surface area is 168 Å². The molecule has 144 valence electrons. The number of nitrogens with one attached hydrogen (secondary N) is 1. The summed E-state index contributed by atoms with van der Waals surface area (Å²) in [5, 5.41) is 4.53. The lowest BCUT2D eigenvalue weighted by Gasteiger charge is -2.13. The SMILES string of the molecule is NCCn1ccc2cc(-c3cc(Nc4ccnc(N)n4)cc4c3CN=C4)ccc21. The van der Waals surface area contributed by atoms with Gasteiger partial charge in [0.2, 0.25) is 5.95 Å². The van der Waals surface area contributed by atoms with E-state index in [-0.39, 0.29) is 5.95 Å². The van der Waals surface area contributed by atoms with Crippen molar-refractivity contribution >= 4 is 34.6 Å². The number of nitrogens with zero attached hydrogens (tertiary/aromatic N) is 4. The third-order valence-corrected chi connectivity index (χ3v) is 5.16. The van der Waals surface area contributed by atoms with Crippen molar-refractivity contribution in [3.05, 3.63) is 66.0 Å². The fraction of sp³-hybridized carbons (Fsp3) is 0.136. The van der Waals surface area contributed by atoms with E-state index >= 15 is 0 Å². The van der Waals surface area contributed by atoms with Crippen molar-refractivity contribution in [2.24, 2.45) is 10.7 Å². The molecule has 0 amide bonds. The summed E-state index contributed by atoms with van der Waals surface area (Å²) in [6.07, 6.45) is 5.65. The molecule has 2 aromatic heterocycles. The molecule has 29 heavy (non-hydrogen) atoms. The normalized spacial score (nSPS) is 12.4. The van der Waals surface area contributed by atoms with Gasteiger partial charge in [-0.25, -0.2) is 4.98 Å². The van der Waals surface area contributed by atoms with Crippen LogP contribution in [-0.4, -0.2) is 27.3 Å². The third-order valence-electron chi connectivity index (χ3n) is 5.16. The maximum Gasteiger partial charge on any atom is 0.221 e. The summed E-state index contributed by atoms with van der Waals surface area (Å²) in [4.78, 5) is 12.7. The Kier molecular flexibility index (Phi) is 4.22. The first-order valence-electron chi connectivity index (χ1n) is 9.53. The number of nitrogen functional groups attached to an aromatic ring is 1. The van der Waals surface area contributed by atoms with E-state index in [1.54, 1.807) is 12.3 Å². The van der Waals surface area contributed by atoms with E-state index < -0.39 is 0 Å². The minimum absolute atomic E-state index is 0.241. The maximum atomic E-state index is 5.72. The Hall–Kier alpha value is -3.71. The van der Waals surface area contributed by atoms with Crippen LogP contribution in [0.3, 0.4) is 0 Å². The molecule has 2 aromatic carbocycles. The monoisotopic (exact) mass is 383 g/mol. The maximum absolute atomic E-state index is 5.72. The van der Waals surface area contributed by atoms with Crippen LogP contribution < -0.4 is 16.8 Å². The topological polar surface area (TPSA) is 107 Å². The Balaban J connectivity index is 1.57. The van der Waals surface area contributed by atoms with E-state index in [2.05, 4.69) is 67.4 Å². The number of anilines is 3. The molecule has 1 aliphatic heterocycles. The molecule has 5 N–H and O–H groups in total. The number of hydrogen-bond acceptors (Lipinski definition) is 6. The van der Waals surface area contributed by atoms with E-state index in [4.69, 9.17) is 11.5 Å². The number of benzene rings is 2. The van der Waals surface area contributed by atoms with Crippen LogP contribution in [0.1, 0.15) is 11.1 Å². The number of aliphatic imine (C=N–C) groups is 1. The van der Waals surface area contributed by atoms with E-state index in [1.807, 2.05) is 6.21 Å². The van der Waals surface area contributed by atoms with Gasteiger partial charge in [-0.05, 0) is 53.1 Å². The van der Waals surface area contributed by atoms with Crippen molar-refractivity contribution < 1.29 is 0 Å². The smallest absolute Gasteiger partial charge is 0.221 e. The number of nitrogens with two attached hydrogens (primary N) is 2. The number of rotatable bonds is 5. The predicted octanol–water partition coefficient (Wildman–Crippen LogP) is 3.32. The van der Waals surface area contributed by atoms with Crippen LogP contribution in [0, 0.1) is 0 Å². The van der Waals surface area contributed by atoms with Gasteiger partial charge in [0, 0.05) is 53.9 Å². The van der Waals surface area contributed by atoms with E-state index in [9.17, 15) is 0 Å². The predicted molar refractivity (Wildman–Crippen MR) is 117 cm³/mol. The third kappa shape index (κ3) is 3.21. The quantitative estimate of drug-likeness (QED) is 0.490. The second kappa shape index (κ2) is 7.03. The standard InChI is InChI=1S/C22H21N7/c23-5-8-29-7-4-15-9-14(1-2-20(15)29)18-11-17(10-16-12-25-13-19(16)18)27-21-3-6-26-22(24)28-21/h1-4,6-7,9-12H,5,8,13,23H2,(H3,24,26,27,28). The zero-order chi connectivity index (χ0) is 19.8. The van der Waals surface area contributed by atoms with Crippen LogP contribution in [0.25, 0.3) is 22.0 Å². The Morgan fingerprint density at radius 2 is 2.03 bits per heavy atom. The van der Waals surface area contributed by atoms with Crippen LogP contribution in [0.15, 0.2) is 59.9 Å². The molecule has 7 heteroatoms. The van der Waals surface area contributed by atoms with Crippen LogP contribution in [0.2, 0.25) is 0 Å². The Morgan fingerprint density at radius 3 is 2.90 bits per heavy atom. The van der Waals surface area contributed by atoms with Crippen molar-refractivity contribution in [2.75, 3.05) is 17.6 Å². The number of fused-ring (bicyclic) bond motifs is 2. The van der Waals surface area contributed by atoms with Gasteiger partial charge in [0.15, 0.2) is 0 Å². The van der Waals surface area contributed by atoms with Gasteiger partial charge in [-0.2, -0.15) is 4.98 Å². The highest BCUT2D eigenvalue weighted by molar-refractivity contribution is 5.93. The Bertz CT molecular complexity index is 1240. The summed E-state index contributed by atoms with van der Waals surface area (Å²) in [7, 11) is 0. The molecule has 0 aliphatic carbocycles. The van der Waals surface area contributed by atoms with Crippen LogP contribution >= 0.6 is 0 Å². The molecule has 0 radical (unpaired) electrons. The summed E-state index contributed by atoms with van der Waals surface area (Å²) in [5.41, 5.74) is 18.2. The summed E-state index contributed by atoms with van der Waals surface area (Å²) in [5.74, 6) is 0.901. The highest BCUT2D eigenvalue weighted by atomic mass is 15.1. The zero-order valence-corrected chi connectivity index (χ0v) is 15.8. The number of aromatic nitrogens is 3. The molecular formula is C22H21N7. The van der Waals surface area contributed by atoms with E-state index in [0.717, 1.165) is 28.9 Å². The lowest BCUT2D eigenvalue weighted by molar-refractivity contribution is 0.735. The van der Waals surface area contributed by atoms with Crippen LogP contribution in [-0.2, 0) is 13.1 Å². The lowest BCUT2D eigenvalue weighted by atomic mass is 9.95. The largest absolute Gasteiger partial charge is 0.368 e. The first-order chi connectivity index (χ1) is 14.2. The molecule has 4 aromatic rings. The summed E-state index contributed by atoms with van der Waals surface area (Å²) < 4.78 is 2.18. The molecule has 0 fully saturated rings. The average molecular weight is 383 g/mol. The van der Waals surface area contributed by atoms with E-state index in [1.165, 1.54) is 16.5 Å². The summed E-state index contributed by atoms with van der Waals surface area (Å²) in [6, 6.07) is 14.7. The summed E-state index contributed by atoms with van der Waals surface area (Å²) >= 11 is 0. The van der Waals surface area contributed by atoms with Gasteiger partial charge in [0.1, 0.15) is 5.82 Å². The molecule has 0 bridgehead atoms. The van der Waals surface area contributed by atoms with Gasteiger partial charge >= 0.3 is 0 Å². The molecule has 0 atom stereocenters. The molecule has 0 saturated heterocycles. The van der Waals surface area contributed by atoms with Crippen LogP contribution in [0.4, 0.5) is 17.5 Å². The van der Waals surface area contributed by atoms with Crippen molar-refractivity contribution in [1.82, 2.24) is 14.5 Å². The van der Waals surface area contributed by atoms with Crippen molar-refractivity contribution in [3.8, 4) is 11.1 Å². The lowest BCUT2D eigenvalue weighted by Crippen LogP contribution is -2.08. The van der Waals surface area contributed by atoms with E-state index in [0.29, 0.717) is 18.9 Å². The molecule has 7 nitrogen and oxygen atoms in total. The van der Waals surface area contributed by atoms with Crippen molar-refractivity contribution in [3.63, 3.8) is 0 Å². The fourth-order valence-electron chi connectivity index (χ4n) is 3.84. The molecule has 0 spiro atoms. The van der Waals surface area contributed by atoms with Crippen LogP contribution in [0.5, 0.6) is 0 Å². The van der Waals surface area contributed by atoms with Crippen molar-refractivity contribution in [1.29, 1.82) is 0 Å². The summed E-state index contributed by atoms with van der Waals surface area (Å²) in [6.45, 7) is 2.13. The van der Waals surface area contributed by atoms with Gasteiger partial charge in [0.05, 0.1) is 6.54 Å². The molecule has 3 heterocycles. The molecule has 0 unspecified atom stereocenters. The highest BCUT2D eigenvalue weighted by Crippen LogP contribution is 2.35. The highest BCUT2D eigenvalue weighted by Gasteiger charge is 2.16. The molecule has 0 saturated carbocycles. The zero-order valence-electron chi connectivity index (χ0n) is 15.8. The molecule has 1 aliphatic rings. The Morgan fingerprint density at radius 1 is 1.10 bits per heavy atom. The average Bonchev–Trinajstić information content (AvgIpc) is 3.34. The first kappa shape index (κ1) is 17.4. The van der Waals surface area contributed by atoms with Gasteiger partial charge in [-0.3, -0.25) is 4.99 Å². The second-order valence-corrected chi connectivity index (χ2v) is 7.06. The number of hydrogen-bond donors (Lipinski definition) is 3. The minimum Gasteiger partial charge on any atom is -0.368 e. The first-order valence-corrected chi connectivity index (χ1v) is 9.53. The minimum atomic E-state index is 0.241. The van der Waals surface area contributed by atoms with Crippen molar-refractivity contribution in [2.45, 2.75) is 13.1 Å². The molecule has 5 rings (SSSR count). The second-order valence-electron chi connectivity index (χ2n) is 7.06. The van der Waals surface area contributed by atoms with Gasteiger partial charge in [-0.1, -0.05) is 6.07 Å². The van der Waals surface area contributed by atoms with Gasteiger partial charge < -0.3 is 21.4 Å².